The summed E-state index contributed by atoms with van der Waals surface area (Å²) < 4.78 is 1.46. The van der Waals surface area contributed by atoms with Crippen molar-refractivity contribution in [3.8, 4) is 5.69 Å². The minimum Gasteiger partial charge on any atom is -0.338 e. The van der Waals surface area contributed by atoms with Crippen LogP contribution in [0.4, 0.5) is 10.6 Å². The van der Waals surface area contributed by atoms with Crippen LogP contribution < -0.4 is 22.5 Å². The first-order chi connectivity index (χ1) is 18.9. The number of fused-ring (bicyclic) bond motifs is 2. The van der Waals surface area contributed by atoms with E-state index in [1.807, 2.05) is 12.1 Å². The molecule has 1 saturated heterocycles. The normalized spacial score (nSPS) is 24.0. The van der Waals surface area contributed by atoms with Gasteiger partial charge < -0.3 is 21.3 Å². The Morgan fingerprint density at radius 1 is 1.02 bits per heavy atom. The summed E-state index contributed by atoms with van der Waals surface area (Å²) in [5.74, 6) is 0.0463. The third-order valence-electron chi connectivity index (χ3n) is 8.94. The van der Waals surface area contributed by atoms with Gasteiger partial charge in [-0.05, 0) is 76.3 Å². The number of hydrogen-bond acceptors (Lipinski definition) is 7. The third kappa shape index (κ3) is 6.43. The Hall–Kier alpha value is -2.99. The number of carbonyl (C=O) groups excluding carboxylic acids is 2. The first-order valence-corrected chi connectivity index (χ1v) is 14.3. The number of amides is 3. The van der Waals surface area contributed by atoms with Gasteiger partial charge in [0, 0.05) is 50.0 Å². The summed E-state index contributed by atoms with van der Waals surface area (Å²) in [5, 5.41) is 2.70. The molecule has 2 aliphatic carbocycles. The molecule has 2 aromatic rings. The van der Waals surface area contributed by atoms with E-state index in [2.05, 4.69) is 34.3 Å². The second-order valence-corrected chi connectivity index (χ2v) is 12.3. The van der Waals surface area contributed by atoms with E-state index in [0.29, 0.717) is 31.9 Å². The van der Waals surface area contributed by atoms with Crippen LogP contribution in [0.25, 0.3) is 5.69 Å². The monoisotopic (exact) mass is 586 g/mol. The molecule has 3 aliphatic rings. The van der Waals surface area contributed by atoms with E-state index in [1.165, 1.54) is 23.0 Å². The molecule has 5 N–H and O–H groups in total. The molecule has 0 spiro atoms. The second-order valence-electron chi connectivity index (χ2n) is 12.3. The van der Waals surface area contributed by atoms with Crippen molar-refractivity contribution >= 4 is 30.2 Å². The van der Waals surface area contributed by atoms with Gasteiger partial charge in [0.1, 0.15) is 5.82 Å². The fraction of sp³-hybridized carbons (Fsp3) is 0.586. The molecule has 1 aromatic heterocycles. The van der Waals surface area contributed by atoms with E-state index >= 15 is 0 Å². The number of benzene rings is 1. The number of halogens is 1. The van der Waals surface area contributed by atoms with Crippen molar-refractivity contribution in [2.24, 2.45) is 11.5 Å². The topological polar surface area (TPSA) is 143 Å². The van der Waals surface area contributed by atoms with Crippen molar-refractivity contribution < 1.29 is 9.59 Å². The SMILES string of the molecule is CCN(Cc1ccc(-n2ccc(NC(=O)N3CCN(C(=O)C(C)(C)N)CC3)nc2=O)cc1)C12CCC(N)(CC1)C2.Cl. The molecule has 0 radical (unpaired) electrons. The molecule has 12 heteroatoms. The predicted molar refractivity (Wildman–Crippen MR) is 161 cm³/mol. The zero-order valence-electron chi connectivity index (χ0n) is 24.3. The molecule has 11 nitrogen and oxygen atoms in total. The summed E-state index contributed by atoms with van der Waals surface area (Å²) in [6, 6.07) is 9.24. The number of hydrogen-bond donors (Lipinski definition) is 3. The lowest BCUT2D eigenvalue weighted by Gasteiger charge is -2.39. The Morgan fingerprint density at radius 3 is 2.15 bits per heavy atom. The smallest absolute Gasteiger partial charge is 0.338 e. The molecule has 41 heavy (non-hydrogen) atoms. The highest BCUT2D eigenvalue weighted by atomic mass is 35.5. The lowest BCUT2D eigenvalue weighted by Crippen LogP contribution is -2.58. The van der Waals surface area contributed by atoms with Crippen molar-refractivity contribution in [3.05, 3.63) is 52.6 Å². The predicted octanol–water partition coefficient (Wildman–Crippen LogP) is 2.30. The first kappa shape index (κ1) is 31.0. The van der Waals surface area contributed by atoms with Gasteiger partial charge in [-0.25, -0.2) is 9.59 Å². The van der Waals surface area contributed by atoms with E-state index in [9.17, 15) is 14.4 Å². The van der Waals surface area contributed by atoms with Crippen molar-refractivity contribution in [2.75, 3.05) is 38.0 Å². The number of anilines is 1. The average molecular weight is 587 g/mol. The second kappa shape index (κ2) is 11.7. The number of piperazine rings is 1. The van der Waals surface area contributed by atoms with Gasteiger partial charge in [0.2, 0.25) is 5.91 Å². The van der Waals surface area contributed by atoms with Gasteiger partial charge in [0.15, 0.2) is 0 Å². The first-order valence-electron chi connectivity index (χ1n) is 14.3. The summed E-state index contributed by atoms with van der Waals surface area (Å²) in [5.41, 5.74) is 13.2. The maximum absolute atomic E-state index is 12.8. The highest BCUT2D eigenvalue weighted by Gasteiger charge is 2.54. The Labute approximate surface area is 247 Å². The molecule has 2 saturated carbocycles. The molecular weight excluding hydrogens is 544 g/mol. The minimum absolute atomic E-state index is 0. The van der Waals surface area contributed by atoms with Gasteiger partial charge in [0.05, 0.1) is 11.2 Å². The third-order valence-corrected chi connectivity index (χ3v) is 8.94. The molecule has 0 unspecified atom stereocenters. The van der Waals surface area contributed by atoms with Crippen LogP contribution in [-0.4, -0.2) is 85.5 Å². The molecule has 5 rings (SSSR count). The highest BCUT2D eigenvalue weighted by molar-refractivity contribution is 5.89. The largest absolute Gasteiger partial charge is 0.354 e. The van der Waals surface area contributed by atoms with Crippen LogP contribution in [0, 0.1) is 0 Å². The van der Waals surface area contributed by atoms with Crippen LogP contribution in [0.5, 0.6) is 0 Å². The minimum atomic E-state index is -0.947. The van der Waals surface area contributed by atoms with Crippen LogP contribution in [0.2, 0.25) is 0 Å². The zero-order valence-corrected chi connectivity index (χ0v) is 25.1. The number of carbonyl (C=O) groups is 2. The van der Waals surface area contributed by atoms with Crippen molar-refractivity contribution in [2.45, 2.75) is 76.0 Å². The van der Waals surface area contributed by atoms with E-state index < -0.39 is 11.2 Å². The van der Waals surface area contributed by atoms with Gasteiger partial charge in [-0.1, -0.05) is 19.1 Å². The van der Waals surface area contributed by atoms with Crippen LogP contribution in [0.3, 0.4) is 0 Å². The highest BCUT2D eigenvalue weighted by Crippen LogP contribution is 2.52. The number of nitrogens with zero attached hydrogens (tertiary/aromatic N) is 5. The molecule has 1 aliphatic heterocycles. The standard InChI is InChI=1S/C29H42N8O3.ClH/c1-4-36(29-12-10-28(31,20-29)11-13-29)19-21-5-7-22(8-6-21)37-14-9-23(33-26(37)40)32-25(39)35-17-15-34(16-18-35)24(38)27(2,3)30;/h5-9,14H,4,10-13,15-20,30-31H2,1-3H3,(H,32,33,39,40);1H. The Bertz CT molecular complexity index is 1310. The summed E-state index contributed by atoms with van der Waals surface area (Å²) >= 11 is 0. The molecule has 2 heterocycles. The molecular formula is C29H43ClN8O3. The maximum Gasteiger partial charge on any atom is 0.354 e. The van der Waals surface area contributed by atoms with Crippen molar-refractivity contribution in [3.63, 3.8) is 0 Å². The molecule has 2 bridgehead atoms. The van der Waals surface area contributed by atoms with Gasteiger partial charge in [-0.15, -0.1) is 12.4 Å². The van der Waals surface area contributed by atoms with Crippen molar-refractivity contribution in [1.29, 1.82) is 0 Å². The number of aromatic nitrogens is 2. The summed E-state index contributed by atoms with van der Waals surface area (Å²) in [7, 11) is 0. The van der Waals surface area contributed by atoms with E-state index in [-0.39, 0.29) is 41.2 Å². The number of nitrogens with one attached hydrogen (secondary N) is 1. The number of urea groups is 1. The van der Waals surface area contributed by atoms with E-state index in [4.69, 9.17) is 11.5 Å². The van der Waals surface area contributed by atoms with E-state index in [0.717, 1.165) is 32.4 Å². The Balaban J connectivity index is 0.00000387. The molecule has 1 aromatic carbocycles. The average Bonchev–Trinajstić information content (AvgIpc) is 3.46. The van der Waals surface area contributed by atoms with E-state index in [1.54, 1.807) is 35.9 Å². The Kier molecular flexibility index (Phi) is 8.84. The maximum atomic E-state index is 12.8. The summed E-state index contributed by atoms with van der Waals surface area (Å²) in [4.78, 5) is 47.9. The van der Waals surface area contributed by atoms with Gasteiger partial charge in [0.25, 0.3) is 0 Å². The van der Waals surface area contributed by atoms with Gasteiger partial charge >= 0.3 is 11.7 Å². The molecule has 3 fully saturated rings. The quantitative estimate of drug-likeness (QED) is 0.452. The van der Waals surface area contributed by atoms with Gasteiger partial charge in [-0.3, -0.25) is 19.6 Å². The number of nitrogens with two attached hydrogens (primary N) is 2. The van der Waals surface area contributed by atoms with Crippen LogP contribution in [0.1, 0.15) is 58.4 Å². The van der Waals surface area contributed by atoms with Crippen LogP contribution in [-0.2, 0) is 11.3 Å². The summed E-state index contributed by atoms with van der Waals surface area (Å²) in [6.45, 7) is 8.96. The van der Waals surface area contributed by atoms with Crippen LogP contribution >= 0.6 is 12.4 Å². The molecule has 3 amide bonds. The fourth-order valence-corrected chi connectivity index (χ4v) is 6.63. The molecule has 0 atom stereocenters. The summed E-state index contributed by atoms with van der Waals surface area (Å²) in [6.07, 6.45) is 7.26. The zero-order chi connectivity index (χ0) is 28.7. The van der Waals surface area contributed by atoms with Gasteiger partial charge in [-0.2, -0.15) is 4.98 Å². The lowest BCUT2D eigenvalue weighted by molar-refractivity contribution is -0.137. The Morgan fingerprint density at radius 2 is 1.63 bits per heavy atom. The van der Waals surface area contributed by atoms with Crippen molar-refractivity contribution in [1.82, 2.24) is 24.3 Å². The van der Waals surface area contributed by atoms with Crippen LogP contribution in [0.15, 0.2) is 41.3 Å². The molecule has 224 valence electrons. The lowest BCUT2D eigenvalue weighted by atomic mass is 9.90. The number of rotatable bonds is 7. The fourth-order valence-electron chi connectivity index (χ4n) is 6.63.